The van der Waals surface area contributed by atoms with Gasteiger partial charge in [0.15, 0.2) is 0 Å². The fourth-order valence-electron chi connectivity index (χ4n) is 1.78. The van der Waals surface area contributed by atoms with E-state index in [4.69, 9.17) is 0 Å². The molecule has 5 heteroatoms. The van der Waals surface area contributed by atoms with Crippen molar-refractivity contribution >= 4 is 37.7 Å². The Morgan fingerprint density at radius 2 is 1.95 bits per heavy atom. The van der Waals surface area contributed by atoms with Gasteiger partial charge < -0.3 is 5.32 Å². The predicted octanol–water partition coefficient (Wildman–Crippen LogP) is 4.79. The van der Waals surface area contributed by atoms with Crippen molar-refractivity contribution in [2.45, 2.75) is 19.4 Å². The van der Waals surface area contributed by atoms with Crippen LogP contribution in [0.15, 0.2) is 45.5 Å². The molecule has 0 saturated carbocycles. The van der Waals surface area contributed by atoms with E-state index < -0.39 is 0 Å². The van der Waals surface area contributed by atoms with E-state index in [1.807, 2.05) is 6.07 Å². The van der Waals surface area contributed by atoms with Crippen molar-refractivity contribution in [1.29, 1.82) is 0 Å². The van der Waals surface area contributed by atoms with Gasteiger partial charge in [-0.2, -0.15) is 0 Å². The Morgan fingerprint density at radius 3 is 2.58 bits per heavy atom. The van der Waals surface area contributed by atoms with E-state index in [1.165, 1.54) is 12.1 Å². The van der Waals surface area contributed by atoms with E-state index in [9.17, 15) is 4.39 Å². The highest BCUT2D eigenvalue weighted by Crippen LogP contribution is 2.24. The Labute approximate surface area is 128 Å². The molecule has 2 aromatic rings. The van der Waals surface area contributed by atoms with Gasteiger partial charge in [-0.15, -0.1) is 0 Å². The molecule has 1 N–H and O–H groups in total. The topological polar surface area (TPSA) is 24.9 Å². The van der Waals surface area contributed by atoms with Crippen LogP contribution in [-0.4, -0.2) is 11.0 Å². The Kier molecular flexibility index (Phi) is 4.93. The number of rotatable bonds is 4. The Morgan fingerprint density at radius 1 is 1.26 bits per heavy atom. The van der Waals surface area contributed by atoms with Gasteiger partial charge in [0, 0.05) is 16.7 Å². The smallest absolute Gasteiger partial charge is 0.140 e. The molecule has 2 nitrogen and oxygen atoms in total. The number of aromatic nitrogens is 1. The number of anilines is 1. The average molecular weight is 388 g/mol. The predicted molar refractivity (Wildman–Crippen MR) is 82.8 cm³/mol. The first-order valence-corrected chi connectivity index (χ1v) is 7.45. The average Bonchev–Trinajstić information content (AvgIpc) is 2.36. The zero-order valence-electron chi connectivity index (χ0n) is 10.3. The van der Waals surface area contributed by atoms with Gasteiger partial charge in [-0.3, -0.25) is 0 Å². The molecule has 2 rings (SSSR count). The summed E-state index contributed by atoms with van der Waals surface area (Å²) in [6, 6.07) is 8.72. The zero-order chi connectivity index (χ0) is 13.8. The number of hydrogen-bond donors (Lipinski definition) is 1. The normalized spacial score (nSPS) is 12.2. The summed E-state index contributed by atoms with van der Waals surface area (Å²) in [5.74, 6) is 0.597. The van der Waals surface area contributed by atoms with Gasteiger partial charge in [-0.25, -0.2) is 9.37 Å². The van der Waals surface area contributed by atoms with Crippen molar-refractivity contribution in [2.24, 2.45) is 0 Å². The molecule has 0 spiro atoms. The van der Waals surface area contributed by atoms with Crippen molar-refractivity contribution < 1.29 is 4.39 Å². The van der Waals surface area contributed by atoms with Crippen molar-refractivity contribution in [3.8, 4) is 0 Å². The Hall–Kier alpha value is -0.940. The molecule has 0 aliphatic heterocycles. The molecule has 1 aromatic heterocycles. The number of benzene rings is 1. The van der Waals surface area contributed by atoms with Crippen molar-refractivity contribution in [2.75, 3.05) is 5.32 Å². The summed E-state index contributed by atoms with van der Waals surface area (Å²) < 4.78 is 14.7. The maximum Gasteiger partial charge on any atom is 0.140 e. The van der Waals surface area contributed by atoms with Crippen LogP contribution in [0.2, 0.25) is 0 Å². The fourth-order valence-corrected chi connectivity index (χ4v) is 2.88. The van der Waals surface area contributed by atoms with Gasteiger partial charge in [0.05, 0.1) is 4.47 Å². The first-order valence-electron chi connectivity index (χ1n) is 5.86. The molecule has 1 unspecified atom stereocenters. The summed E-state index contributed by atoms with van der Waals surface area (Å²) in [6.07, 6.45) is 2.56. The molecule has 0 saturated heterocycles. The lowest BCUT2D eigenvalue weighted by Crippen LogP contribution is -2.19. The van der Waals surface area contributed by atoms with Crippen LogP contribution < -0.4 is 5.32 Å². The third kappa shape index (κ3) is 4.28. The summed E-state index contributed by atoms with van der Waals surface area (Å²) in [7, 11) is 0. The van der Waals surface area contributed by atoms with E-state index >= 15 is 0 Å². The molecule has 100 valence electrons. The molecule has 0 aliphatic carbocycles. The molecule has 19 heavy (non-hydrogen) atoms. The van der Waals surface area contributed by atoms with Crippen LogP contribution >= 0.6 is 31.9 Å². The maximum absolute atomic E-state index is 12.8. The van der Waals surface area contributed by atoms with E-state index in [0.29, 0.717) is 0 Å². The Balaban J connectivity index is 2.01. The molecule has 0 aliphatic rings. The van der Waals surface area contributed by atoms with E-state index in [-0.39, 0.29) is 11.9 Å². The second kappa shape index (κ2) is 6.48. The molecule has 1 atom stereocenters. The number of halogens is 3. The highest BCUT2D eigenvalue weighted by Gasteiger charge is 2.08. The minimum Gasteiger partial charge on any atom is -0.366 e. The van der Waals surface area contributed by atoms with E-state index in [1.54, 1.807) is 18.3 Å². The first kappa shape index (κ1) is 14.5. The molecule has 0 bridgehead atoms. The van der Waals surface area contributed by atoms with Crippen LogP contribution in [0.1, 0.15) is 12.5 Å². The highest BCUT2D eigenvalue weighted by atomic mass is 79.9. The third-order valence-corrected chi connectivity index (χ3v) is 3.68. The summed E-state index contributed by atoms with van der Waals surface area (Å²) in [5, 5.41) is 3.33. The molecule has 0 fully saturated rings. The number of hydrogen-bond acceptors (Lipinski definition) is 2. The van der Waals surface area contributed by atoms with Gasteiger partial charge in [-0.1, -0.05) is 12.1 Å². The van der Waals surface area contributed by atoms with E-state index in [2.05, 4.69) is 49.1 Å². The van der Waals surface area contributed by atoms with Crippen LogP contribution in [0.4, 0.5) is 10.2 Å². The number of nitrogens with zero attached hydrogens (tertiary/aromatic N) is 1. The number of nitrogens with one attached hydrogen (secondary N) is 1. The largest absolute Gasteiger partial charge is 0.366 e. The first-order chi connectivity index (χ1) is 9.04. The second-order valence-corrected chi connectivity index (χ2v) is 6.13. The maximum atomic E-state index is 12.8. The zero-order valence-corrected chi connectivity index (χ0v) is 13.5. The lowest BCUT2D eigenvalue weighted by Gasteiger charge is -2.15. The summed E-state index contributed by atoms with van der Waals surface area (Å²) in [5.41, 5.74) is 1.09. The minimum absolute atomic E-state index is 0.204. The SMILES string of the molecule is CC(Cc1ccc(F)cc1)Nc1ncc(Br)cc1Br. The lowest BCUT2D eigenvalue weighted by atomic mass is 10.1. The van der Waals surface area contributed by atoms with Gasteiger partial charge in [0.2, 0.25) is 0 Å². The van der Waals surface area contributed by atoms with Gasteiger partial charge in [0.1, 0.15) is 11.6 Å². The van der Waals surface area contributed by atoms with Crippen LogP contribution in [-0.2, 0) is 6.42 Å². The molecular formula is C14H13Br2FN2. The quantitative estimate of drug-likeness (QED) is 0.815. The molecule has 1 aromatic carbocycles. The van der Waals surface area contributed by atoms with Gasteiger partial charge >= 0.3 is 0 Å². The van der Waals surface area contributed by atoms with Crippen LogP contribution in [0.3, 0.4) is 0 Å². The fraction of sp³-hybridized carbons (Fsp3) is 0.214. The standard InChI is InChI=1S/C14H13Br2FN2/c1-9(6-10-2-4-12(17)5-3-10)19-14-13(16)7-11(15)8-18-14/h2-5,7-9H,6H2,1H3,(H,18,19). The molecule has 1 heterocycles. The molecular weight excluding hydrogens is 375 g/mol. The highest BCUT2D eigenvalue weighted by molar-refractivity contribution is 9.11. The number of pyridine rings is 1. The van der Waals surface area contributed by atoms with Gasteiger partial charge in [0.25, 0.3) is 0 Å². The monoisotopic (exact) mass is 386 g/mol. The van der Waals surface area contributed by atoms with Crippen molar-refractivity contribution in [1.82, 2.24) is 4.98 Å². The van der Waals surface area contributed by atoms with Crippen LogP contribution in [0.25, 0.3) is 0 Å². The molecule has 0 amide bonds. The van der Waals surface area contributed by atoms with Crippen LogP contribution in [0, 0.1) is 5.82 Å². The molecule has 0 radical (unpaired) electrons. The lowest BCUT2D eigenvalue weighted by molar-refractivity contribution is 0.626. The van der Waals surface area contributed by atoms with E-state index in [0.717, 1.165) is 26.7 Å². The van der Waals surface area contributed by atoms with Crippen molar-refractivity contribution in [3.63, 3.8) is 0 Å². The summed E-state index contributed by atoms with van der Waals surface area (Å²) in [6.45, 7) is 2.07. The van der Waals surface area contributed by atoms with Crippen LogP contribution in [0.5, 0.6) is 0 Å². The summed E-state index contributed by atoms with van der Waals surface area (Å²) >= 11 is 6.83. The summed E-state index contributed by atoms with van der Waals surface area (Å²) in [4.78, 5) is 4.31. The second-order valence-electron chi connectivity index (χ2n) is 4.36. The van der Waals surface area contributed by atoms with Gasteiger partial charge in [-0.05, 0) is 69.0 Å². The van der Waals surface area contributed by atoms with Crippen molar-refractivity contribution in [3.05, 3.63) is 56.9 Å². The minimum atomic E-state index is -0.207. The third-order valence-electron chi connectivity index (χ3n) is 2.65. The Bertz CT molecular complexity index is 558.